The fraction of sp³-hybridized carbons (Fsp3) is 0.346. The molecular formula is C26H29ClN4O2. The first-order chi connectivity index (χ1) is 15.7. The number of aliphatic imine (C=N–C) groups is 1. The van der Waals surface area contributed by atoms with E-state index in [1.165, 1.54) is 0 Å². The van der Waals surface area contributed by atoms with Crippen molar-refractivity contribution in [1.29, 1.82) is 0 Å². The molecule has 0 bridgehead atoms. The SMILES string of the molecule is Cn1ccnc1C(=Nc1ccc(N(C(=O)OC(C)(C)C)C2CCC2)c(Cl)c1)c1ccccc1. The summed E-state index contributed by atoms with van der Waals surface area (Å²) in [5, 5.41) is 0.460. The molecule has 1 heterocycles. The summed E-state index contributed by atoms with van der Waals surface area (Å²) in [6, 6.07) is 15.5. The van der Waals surface area contributed by atoms with Crippen LogP contribution >= 0.6 is 11.6 Å². The van der Waals surface area contributed by atoms with Crippen molar-refractivity contribution >= 4 is 34.8 Å². The lowest BCUT2D eigenvalue weighted by Gasteiger charge is -2.38. The number of benzene rings is 2. The third-order valence-electron chi connectivity index (χ3n) is 5.54. The minimum absolute atomic E-state index is 0.0964. The number of ether oxygens (including phenoxy) is 1. The summed E-state index contributed by atoms with van der Waals surface area (Å²) >= 11 is 6.71. The maximum Gasteiger partial charge on any atom is 0.415 e. The summed E-state index contributed by atoms with van der Waals surface area (Å²) in [4.78, 5) is 24.1. The Bertz CT molecular complexity index is 1160. The lowest BCUT2D eigenvalue weighted by Crippen LogP contribution is -2.47. The predicted molar refractivity (Wildman–Crippen MR) is 133 cm³/mol. The van der Waals surface area contributed by atoms with Gasteiger partial charge >= 0.3 is 6.09 Å². The summed E-state index contributed by atoms with van der Waals surface area (Å²) < 4.78 is 7.60. The van der Waals surface area contributed by atoms with Crippen molar-refractivity contribution in [2.45, 2.75) is 51.7 Å². The Morgan fingerprint density at radius 2 is 1.91 bits per heavy atom. The molecule has 1 amide bonds. The molecule has 0 aliphatic heterocycles. The molecule has 0 spiro atoms. The fourth-order valence-corrected chi connectivity index (χ4v) is 3.99. The van der Waals surface area contributed by atoms with Crippen molar-refractivity contribution in [2.24, 2.45) is 12.0 Å². The zero-order chi connectivity index (χ0) is 23.6. The first kappa shape index (κ1) is 23.1. The molecule has 33 heavy (non-hydrogen) atoms. The molecule has 1 aliphatic rings. The van der Waals surface area contributed by atoms with Crippen LogP contribution < -0.4 is 4.90 Å². The second-order valence-corrected chi connectivity index (χ2v) is 9.67. The predicted octanol–water partition coefficient (Wildman–Crippen LogP) is 6.54. The van der Waals surface area contributed by atoms with Crippen molar-refractivity contribution in [3.8, 4) is 0 Å². The number of nitrogens with zero attached hydrogens (tertiary/aromatic N) is 4. The maximum absolute atomic E-state index is 13.0. The number of aromatic nitrogens is 2. The number of halogens is 1. The van der Waals surface area contributed by atoms with Crippen LogP contribution in [-0.2, 0) is 11.8 Å². The summed E-state index contributed by atoms with van der Waals surface area (Å²) in [5.74, 6) is 0.756. The summed E-state index contributed by atoms with van der Waals surface area (Å²) in [6.45, 7) is 5.60. The van der Waals surface area contributed by atoms with E-state index in [0.717, 1.165) is 36.4 Å². The van der Waals surface area contributed by atoms with E-state index in [0.29, 0.717) is 16.4 Å². The van der Waals surface area contributed by atoms with Crippen LogP contribution in [0.25, 0.3) is 0 Å². The van der Waals surface area contributed by atoms with Crippen LogP contribution in [0.4, 0.5) is 16.2 Å². The van der Waals surface area contributed by atoms with Crippen LogP contribution in [-0.4, -0.2) is 33.0 Å². The van der Waals surface area contributed by atoms with E-state index in [2.05, 4.69) is 4.98 Å². The van der Waals surface area contributed by atoms with Crippen LogP contribution in [0.1, 0.15) is 51.4 Å². The average molecular weight is 465 g/mol. The normalized spacial score (nSPS) is 14.6. The molecular weight excluding hydrogens is 436 g/mol. The smallest absolute Gasteiger partial charge is 0.415 e. The average Bonchev–Trinajstić information content (AvgIpc) is 3.14. The molecule has 6 nitrogen and oxygen atoms in total. The van der Waals surface area contributed by atoms with Crippen molar-refractivity contribution < 1.29 is 9.53 Å². The van der Waals surface area contributed by atoms with Crippen molar-refractivity contribution in [3.63, 3.8) is 0 Å². The van der Waals surface area contributed by atoms with E-state index < -0.39 is 5.60 Å². The lowest BCUT2D eigenvalue weighted by atomic mass is 9.91. The first-order valence-electron chi connectivity index (χ1n) is 11.2. The fourth-order valence-electron chi connectivity index (χ4n) is 3.72. The molecule has 1 fully saturated rings. The molecule has 0 radical (unpaired) electrons. The number of anilines is 1. The van der Waals surface area contributed by atoms with Crippen molar-refractivity contribution in [2.75, 3.05) is 4.90 Å². The van der Waals surface area contributed by atoms with Crippen LogP contribution in [0.15, 0.2) is 65.9 Å². The zero-order valence-electron chi connectivity index (χ0n) is 19.5. The summed E-state index contributed by atoms with van der Waals surface area (Å²) in [7, 11) is 1.94. The molecule has 2 aromatic carbocycles. The van der Waals surface area contributed by atoms with Gasteiger partial charge in [-0.25, -0.2) is 14.8 Å². The highest BCUT2D eigenvalue weighted by Gasteiger charge is 2.34. The van der Waals surface area contributed by atoms with Gasteiger partial charge in [-0.3, -0.25) is 4.90 Å². The number of hydrogen-bond acceptors (Lipinski definition) is 4. The van der Waals surface area contributed by atoms with Gasteiger partial charge in [0.2, 0.25) is 0 Å². The molecule has 3 aromatic rings. The minimum Gasteiger partial charge on any atom is -0.443 e. The van der Waals surface area contributed by atoms with Crippen LogP contribution in [0.2, 0.25) is 5.02 Å². The molecule has 7 heteroatoms. The van der Waals surface area contributed by atoms with Crippen LogP contribution in [0.3, 0.4) is 0 Å². The van der Waals surface area contributed by atoms with Crippen LogP contribution in [0.5, 0.6) is 0 Å². The van der Waals surface area contributed by atoms with Gasteiger partial charge in [0, 0.05) is 31.0 Å². The molecule has 1 saturated carbocycles. The number of carbonyl (C=O) groups is 1. The Kier molecular flexibility index (Phi) is 6.56. The molecule has 4 rings (SSSR count). The third-order valence-corrected chi connectivity index (χ3v) is 5.84. The van der Waals surface area contributed by atoms with Gasteiger partial charge in [-0.05, 0) is 58.2 Å². The van der Waals surface area contributed by atoms with E-state index in [4.69, 9.17) is 21.3 Å². The topological polar surface area (TPSA) is 59.7 Å². The molecule has 0 saturated heterocycles. The largest absolute Gasteiger partial charge is 0.443 e. The molecule has 0 unspecified atom stereocenters. The van der Waals surface area contributed by atoms with Gasteiger partial charge in [0.05, 0.1) is 16.4 Å². The molecule has 0 atom stereocenters. The van der Waals surface area contributed by atoms with Gasteiger partial charge in [-0.1, -0.05) is 41.9 Å². The highest BCUT2D eigenvalue weighted by Crippen LogP contribution is 2.37. The van der Waals surface area contributed by atoms with Crippen molar-refractivity contribution in [1.82, 2.24) is 9.55 Å². The molecule has 1 aromatic heterocycles. The van der Waals surface area contributed by atoms with Crippen LogP contribution in [0, 0.1) is 0 Å². The van der Waals surface area contributed by atoms with Gasteiger partial charge in [-0.15, -0.1) is 0 Å². The summed E-state index contributed by atoms with van der Waals surface area (Å²) in [5.41, 5.74) is 2.45. The Labute approximate surface area is 199 Å². The number of imidazole rings is 1. The Hall–Kier alpha value is -3.12. The standard InChI is InChI=1S/C26H29ClN4O2/c1-26(2,3)33-25(32)31(20-11-8-12-20)22-14-13-19(17-21(22)27)29-23(18-9-6-5-7-10-18)24-28-15-16-30(24)4/h5-7,9-10,13-17,20H,8,11-12H2,1-4H3. The van der Waals surface area contributed by atoms with Crippen molar-refractivity contribution in [3.05, 3.63) is 77.3 Å². The van der Waals surface area contributed by atoms with Gasteiger partial charge in [0.25, 0.3) is 0 Å². The Balaban J connectivity index is 1.71. The van der Waals surface area contributed by atoms with Gasteiger partial charge in [0.1, 0.15) is 11.3 Å². The van der Waals surface area contributed by atoms with E-state index in [1.54, 1.807) is 17.2 Å². The number of amides is 1. The minimum atomic E-state index is -0.581. The molecule has 172 valence electrons. The highest BCUT2D eigenvalue weighted by molar-refractivity contribution is 6.34. The monoisotopic (exact) mass is 464 g/mol. The quantitative estimate of drug-likeness (QED) is 0.403. The van der Waals surface area contributed by atoms with Gasteiger partial charge in [-0.2, -0.15) is 0 Å². The number of carbonyl (C=O) groups excluding carboxylic acids is 1. The number of rotatable bonds is 5. The third kappa shape index (κ3) is 5.28. The zero-order valence-corrected chi connectivity index (χ0v) is 20.2. The molecule has 1 aliphatic carbocycles. The van der Waals surface area contributed by atoms with E-state index in [9.17, 15) is 4.79 Å². The number of hydrogen-bond donors (Lipinski definition) is 0. The number of aryl methyl sites for hydroxylation is 1. The highest BCUT2D eigenvalue weighted by atomic mass is 35.5. The lowest BCUT2D eigenvalue weighted by molar-refractivity contribution is 0.0549. The van der Waals surface area contributed by atoms with E-state index in [1.807, 2.05) is 81.0 Å². The maximum atomic E-state index is 13.0. The van der Waals surface area contributed by atoms with Gasteiger partial charge < -0.3 is 9.30 Å². The molecule has 0 N–H and O–H groups in total. The Morgan fingerprint density at radius 3 is 2.45 bits per heavy atom. The Morgan fingerprint density at radius 1 is 1.18 bits per heavy atom. The first-order valence-corrected chi connectivity index (χ1v) is 11.5. The second-order valence-electron chi connectivity index (χ2n) is 9.26. The van der Waals surface area contributed by atoms with E-state index in [-0.39, 0.29) is 12.1 Å². The van der Waals surface area contributed by atoms with E-state index >= 15 is 0 Å². The summed E-state index contributed by atoms with van der Waals surface area (Å²) in [6.07, 6.45) is 6.24. The second kappa shape index (κ2) is 9.40. The van der Waals surface area contributed by atoms with Gasteiger partial charge in [0.15, 0.2) is 5.82 Å².